The highest BCUT2D eigenvalue weighted by atomic mass is 16.6. The third kappa shape index (κ3) is 3.40. The van der Waals surface area contributed by atoms with Gasteiger partial charge in [0, 0.05) is 6.42 Å². The molecule has 0 aliphatic carbocycles. The van der Waals surface area contributed by atoms with E-state index in [-0.39, 0.29) is 50.2 Å². The summed E-state index contributed by atoms with van der Waals surface area (Å²) in [5.74, 6) is 0.520. The number of aromatic nitrogens is 1. The zero-order valence-corrected chi connectivity index (χ0v) is 13.2. The van der Waals surface area contributed by atoms with Gasteiger partial charge in [-0.15, -0.1) is 0 Å². The van der Waals surface area contributed by atoms with Gasteiger partial charge < -0.3 is 30.9 Å². The number of nitrogens with two attached hydrogens (primary N) is 1. The number of hydrogen-bond acceptors (Lipinski definition) is 7. The van der Waals surface area contributed by atoms with Gasteiger partial charge in [0.2, 0.25) is 0 Å². The number of anilines is 2. The van der Waals surface area contributed by atoms with E-state index in [1.807, 2.05) is 0 Å². The minimum Gasteiger partial charge on any atom is -0.480 e. The second-order valence-corrected chi connectivity index (χ2v) is 5.69. The number of amides is 3. The smallest absolute Gasteiger partial charge is 0.416 e. The van der Waals surface area contributed by atoms with E-state index in [0.29, 0.717) is 5.75 Å². The van der Waals surface area contributed by atoms with Crippen LogP contribution in [0.1, 0.15) is 6.42 Å². The molecule has 3 rings (SSSR count). The van der Waals surface area contributed by atoms with Crippen LogP contribution in [0, 0.1) is 0 Å². The summed E-state index contributed by atoms with van der Waals surface area (Å²) in [6, 6.07) is 3.14. The highest BCUT2D eigenvalue weighted by molar-refractivity contribution is 5.95. The van der Waals surface area contributed by atoms with Gasteiger partial charge in [0.1, 0.15) is 5.82 Å². The molecule has 5 N–H and O–H groups in total. The first-order valence-corrected chi connectivity index (χ1v) is 7.53. The Morgan fingerprint density at radius 1 is 1.48 bits per heavy atom. The van der Waals surface area contributed by atoms with Gasteiger partial charge in [0.25, 0.3) is 5.91 Å². The third-order valence-corrected chi connectivity index (χ3v) is 3.87. The molecule has 1 atom stereocenters. The number of carbonyl (C=O) groups is 3. The average Bonchev–Trinajstić information content (AvgIpc) is 2.89. The van der Waals surface area contributed by atoms with E-state index in [1.165, 1.54) is 4.90 Å². The Kier molecular flexibility index (Phi) is 4.31. The molecular formula is C14H17N5O6. The summed E-state index contributed by atoms with van der Waals surface area (Å²) in [5.41, 5.74) is 4.49. The zero-order chi connectivity index (χ0) is 18.0. The summed E-state index contributed by atoms with van der Waals surface area (Å²) in [5, 5.41) is 13.6. The van der Waals surface area contributed by atoms with E-state index in [1.54, 1.807) is 12.1 Å². The number of carboxylic acid groups (broad SMARTS) is 1. The van der Waals surface area contributed by atoms with Crippen LogP contribution in [-0.2, 0) is 9.53 Å². The normalized spacial score (nSPS) is 21.9. The molecule has 1 saturated heterocycles. The van der Waals surface area contributed by atoms with Crippen molar-refractivity contribution in [2.75, 3.05) is 36.5 Å². The Balaban J connectivity index is 1.83. The molecule has 1 aromatic rings. The van der Waals surface area contributed by atoms with E-state index < -0.39 is 17.8 Å². The molecule has 1 aromatic heterocycles. The van der Waals surface area contributed by atoms with E-state index >= 15 is 0 Å². The van der Waals surface area contributed by atoms with E-state index in [2.05, 4.69) is 15.6 Å². The lowest BCUT2D eigenvalue weighted by molar-refractivity contribution is -0.118. The highest BCUT2D eigenvalue weighted by Crippen LogP contribution is 2.33. The van der Waals surface area contributed by atoms with Gasteiger partial charge >= 0.3 is 12.2 Å². The van der Waals surface area contributed by atoms with Gasteiger partial charge in [-0.05, 0) is 18.7 Å². The summed E-state index contributed by atoms with van der Waals surface area (Å²) in [6.07, 6.45) is -1.62. The van der Waals surface area contributed by atoms with Crippen molar-refractivity contribution in [3.8, 4) is 5.75 Å². The maximum absolute atomic E-state index is 12.3. The number of ether oxygens (including phenoxy) is 2. The Hall–Kier alpha value is -3.08. The molecule has 0 aromatic carbocycles. The molecule has 0 spiro atoms. The number of pyridine rings is 1. The molecule has 134 valence electrons. The van der Waals surface area contributed by atoms with Crippen molar-refractivity contribution in [1.82, 2.24) is 10.3 Å². The predicted molar refractivity (Wildman–Crippen MR) is 84.6 cm³/mol. The molecule has 1 fully saturated rings. The quantitative estimate of drug-likeness (QED) is 0.564. The van der Waals surface area contributed by atoms with Crippen LogP contribution in [0.15, 0.2) is 12.1 Å². The van der Waals surface area contributed by atoms with Crippen molar-refractivity contribution in [3.63, 3.8) is 0 Å². The molecule has 0 bridgehead atoms. The topological polar surface area (TPSA) is 156 Å². The second-order valence-electron chi connectivity index (χ2n) is 5.69. The van der Waals surface area contributed by atoms with Crippen LogP contribution >= 0.6 is 0 Å². The van der Waals surface area contributed by atoms with Crippen LogP contribution in [0.5, 0.6) is 5.75 Å². The molecule has 25 heavy (non-hydrogen) atoms. The molecule has 2 aliphatic heterocycles. The fraction of sp³-hybridized carbons (Fsp3) is 0.429. The SMILES string of the molecule is NCCC1(CNC(=O)O)CN(c2ccc3c(n2)NC(=O)CO3)C(=O)O1. The molecule has 0 radical (unpaired) electrons. The Morgan fingerprint density at radius 2 is 2.28 bits per heavy atom. The summed E-state index contributed by atoms with van der Waals surface area (Å²) >= 11 is 0. The first kappa shape index (κ1) is 16.8. The molecule has 2 aliphatic rings. The van der Waals surface area contributed by atoms with Crippen molar-refractivity contribution in [2.45, 2.75) is 12.0 Å². The van der Waals surface area contributed by atoms with Gasteiger partial charge in [0.15, 0.2) is 23.8 Å². The molecule has 11 nitrogen and oxygen atoms in total. The van der Waals surface area contributed by atoms with E-state index in [4.69, 9.17) is 20.3 Å². The number of fused-ring (bicyclic) bond motifs is 1. The van der Waals surface area contributed by atoms with Gasteiger partial charge in [0.05, 0.1) is 13.1 Å². The summed E-state index contributed by atoms with van der Waals surface area (Å²) in [4.78, 5) is 39.9. The number of cyclic esters (lactones) is 1. The second kappa shape index (κ2) is 6.43. The lowest BCUT2D eigenvalue weighted by atomic mass is 9.99. The lowest BCUT2D eigenvalue weighted by Gasteiger charge is -2.26. The first-order valence-electron chi connectivity index (χ1n) is 7.53. The third-order valence-electron chi connectivity index (χ3n) is 3.87. The van der Waals surface area contributed by atoms with Crippen LogP contribution < -0.4 is 26.0 Å². The summed E-state index contributed by atoms with van der Waals surface area (Å²) in [7, 11) is 0. The van der Waals surface area contributed by atoms with Gasteiger partial charge in [-0.1, -0.05) is 0 Å². The summed E-state index contributed by atoms with van der Waals surface area (Å²) < 4.78 is 10.6. The van der Waals surface area contributed by atoms with E-state index in [9.17, 15) is 14.4 Å². The molecule has 3 heterocycles. The minimum absolute atomic E-state index is 0.0733. The number of carbonyl (C=O) groups excluding carboxylic acids is 2. The van der Waals surface area contributed by atoms with Gasteiger partial charge in [-0.25, -0.2) is 14.6 Å². The number of rotatable bonds is 5. The minimum atomic E-state index is -1.22. The molecule has 11 heteroatoms. The fourth-order valence-corrected chi connectivity index (χ4v) is 2.71. The van der Waals surface area contributed by atoms with Gasteiger partial charge in [-0.3, -0.25) is 9.69 Å². The van der Waals surface area contributed by atoms with Crippen molar-refractivity contribution < 1.29 is 29.0 Å². The Morgan fingerprint density at radius 3 is 3.00 bits per heavy atom. The number of nitrogens with one attached hydrogen (secondary N) is 2. The van der Waals surface area contributed by atoms with Crippen LogP contribution in [0.4, 0.5) is 21.2 Å². The zero-order valence-electron chi connectivity index (χ0n) is 13.2. The molecule has 1 unspecified atom stereocenters. The lowest BCUT2D eigenvalue weighted by Crippen LogP contribution is -2.47. The molecule has 0 saturated carbocycles. The van der Waals surface area contributed by atoms with E-state index in [0.717, 1.165) is 0 Å². The number of hydrogen-bond donors (Lipinski definition) is 4. The van der Waals surface area contributed by atoms with Crippen molar-refractivity contribution in [2.24, 2.45) is 5.73 Å². The van der Waals surface area contributed by atoms with Crippen LogP contribution in [0.3, 0.4) is 0 Å². The average molecular weight is 351 g/mol. The molecular weight excluding hydrogens is 334 g/mol. The largest absolute Gasteiger partial charge is 0.480 e. The Bertz CT molecular complexity index is 726. The maximum atomic E-state index is 12.3. The van der Waals surface area contributed by atoms with Crippen LogP contribution in [0.2, 0.25) is 0 Å². The Labute approximate surface area is 142 Å². The van der Waals surface area contributed by atoms with Crippen molar-refractivity contribution >= 4 is 29.7 Å². The maximum Gasteiger partial charge on any atom is 0.416 e. The number of nitrogens with zero attached hydrogens (tertiary/aromatic N) is 2. The first-order chi connectivity index (χ1) is 11.9. The van der Waals surface area contributed by atoms with Crippen LogP contribution in [0.25, 0.3) is 0 Å². The fourth-order valence-electron chi connectivity index (χ4n) is 2.71. The summed E-state index contributed by atoms with van der Waals surface area (Å²) in [6.45, 7) is 0.0979. The van der Waals surface area contributed by atoms with Crippen LogP contribution in [-0.4, -0.2) is 60.0 Å². The monoisotopic (exact) mass is 351 g/mol. The van der Waals surface area contributed by atoms with Gasteiger partial charge in [-0.2, -0.15) is 0 Å². The molecule has 3 amide bonds. The van der Waals surface area contributed by atoms with Crippen molar-refractivity contribution in [3.05, 3.63) is 12.1 Å². The predicted octanol–water partition coefficient (Wildman–Crippen LogP) is -0.276. The standard InChI is InChI=1S/C14H17N5O6/c15-4-3-14(6-16-12(21)22)7-19(13(23)25-14)9-2-1-8-11(17-9)18-10(20)5-24-8/h1-2,16H,3-7,15H2,(H,21,22)(H,17,18,20). The highest BCUT2D eigenvalue weighted by Gasteiger charge is 2.46. The van der Waals surface area contributed by atoms with Crippen molar-refractivity contribution in [1.29, 1.82) is 0 Å².